The first-order valence-corrected chi connectivity index (χ1v) is 12.8. The zero-order valence-electron chi connectivity index (χ0n) is 20.0. The molecule has 0 spiro atoms. The van der Waals surface area contributed by atoms with Gasteiger partial charge in [-0.25, -0.2) is 9.79 Å². The van der Waals surface area contributed by atoms with Crippen molar-refractivity contribution in [2.75, 3.05) is 13.2 Å². The van der Waals surface area contributed by atoms with Crippen molar-refractivity contribution in [3.63, 3.8) is 0 Å². The smallest absolute Gasteiger partial charge is 0.341 e. The zero-order valence-corrected chi connectivity index (χ0v) is 20.8. The molecule has 35 heavy (non-hydrogen) atoms. The number of aliphatic imine (C=N–C) groups is 1. The lowest BCUT2D eigenvalue weighted by atomic mass is 9.85. The number of para-hydroxylation sites is 1. The van der Waals surface area contributed by atoms with Gasteiger partial charge in [0, 0.05) is 6.04 Å². The normalized spacial score (nSPS) is 22.6. The molecule has 1 aliphatic heterocycles. The molecule has 1 saturated heterocycles. The number of hydrogen-bond acceptors (Lipinski definition) is 6. The predicted molar refractivity (Wildman–Crippen MR) is 138 cm³/mol. The Kier molecular flexibility index (Phi) is 8.13. The number of rotatable bonds is 8. The van der Waals surface area contributed by atoms with Crippen LogP contribution in [-0.4, -0.2) is 46.3 Å². The molecule has 7 nitrogen and oxygen atoms in total. The van der Waals surface area contributed by atoms with Gasteiger partial charge in [0.1, 0.15) is 0 Å². The van der Waals surface area contributed by atoms with Gasteiger partial charge >= 0.3 is 5.97 Å². The van der Waals surface area contributed by atoms with Crippen molar-refractivity contribution in [3.05, 3.63) is 59.0 Å². The highest BCUT2D eigenvalue weighted by atomic mass is 32.2. The van der Waals surface area contributed by atoms with E-state index in [-0.39, 0.29) is 11.9 Å². The van der Waals surface area contributed by atoms with Crippen LogP contribution in [0.3, 0.4) is 0 Å². The van der Waals surface area contributed by atoms with Crippen LogP contribution in [0.1, 0.15) is 45.1 Å². The molecule has 1 N–H and O–H groups in total. The highest BCUT2D eigenvalue weighted by Gasteiger charge is 2.41. The second kappa shape index (κ2) is 11.4. The molecule has 4 rings (SSSR count). The highest BCUT2D eigenvalue weighted by molar-refractivity contribution is 8.18. The fourth-order valence-electron chi connectivity index (χ4n) is 4.44. The first-order valence-electron chi connectivity index (χ1n) is 11.9. The number of benzene rings is 2. The van der Waals surface area contributed by atoms with Crippen molar-refractivity contribution in [1.82, 2.24) is 4.90 Å². The SMILES string of the molecule is CCOc1cc(/C=C2\SC(=Nc3ccccc3)N([C@H]3CCCC[C@H]3C)C2=O)ccc1OCC(=O)O. The third-order valence-corrected chi connectivity index (χ3v) is 7.12. The van der Waals surface area contributed by atoms with Gasteiger partial charge in [0.05, 0.1) is 17.2 Å². The van der Waals surface area contributed by atoms with Gasteiger partial charge in [-0.15, -0.1) is 0 Å². The zero-order chi connectivity index (χ0) is 24.8. The van der Waals surface area contributed by atoms with Crippen LogP contribution in [0.5, 0.6) is 11.5 Å². The minimum Gasteiger partial charge on any atom is -0.490 e. The number of aliphatic carboxylic acids is 1. The molecule has 0 bridgehead atoms. The summed E-state index contributed by atoms with van der Waals surface area (Å²) in [5.41, 5.74) is 1.58. The Morgan fingerprint density at radius 1 is 1.14 bits per heavy atom. The van der Waals surface area contributed by atoms with Crippen molar-refractivity contribution < 1.29 is 24.2 Å². The van der Waals surface area contributed by atoms with Crippen LogP contribution in [0.4, 0.5) is 5.69 Å². The summed E-state index contributed by atoms with van der Waals surface area (Å²) in [4.78, 5) is 31.9. The highest BCUT2D eigenvalue weighted by Crippen LogP contribution is 2.40. The van der Waals surface area contributed by atoms with Gasteiger partial charge in [-0.2, -0.15) is 0 Å². The van der Waals surface area contributed by atoms with Gasteiger partial charge in [0.25, 0.3) is 5.91 Å². The third-order valence-electron chi connectivity index (χ3n) is 6.13. The lowest BCUT2D eigenvalue weighted by molar-refractivity contribution is -0.139. The number of carboxylic acid groups (broad SMARTS) is 1. The Labute approximate surface area is 209 Å². The number of hydrogen-bond donors (Lipinski definition) is 1. The van der Waals surface area contributed by atoms with Gasteiger partial charge in [-0.3, -0.25) is 9.69 Å². The maximum absolute atomic E-state index is 13.6. The lowest BCUT2D eigenvalue weighted by Crippen LogP contribution is -2.44. The standard InChI is InChI=1S/C27H30N2O5S/c1-3-33-23-15-19(13-14-22(23)34-17-25(30)31)16-24-26(32)29(21-12-8-7-9-18(21)2)27(35-24)28-20-10-5-4-6-11-20/h4-6,10-11,13-16,18,21H,3,7-9,12,17H2,1-2H3,(H,30,31)/b24-16-,28-27?/t18-,21+/m1/s1. The second-order valence-electron chi connectivity index (χ2n) is 8.67. The summed E-state index contributed by atoms with van der Waals surface area (Å²) in [6.07, 6.45) is 6.21. The van der Waals surface area contributed by atoms with Crippen LogP contribution in [0.15, 0.2) is 58.4 Å². The first kappa shape index (κ1) is 24.9. The average molecular weight is 495 g/mol. The fraction of sp³-hybridized carbons (Fsp3) is 0.370. The quantitative estimate of drug-likeness (QED) is 0.472. The van der Waals surface area contributed by atoms with Crippen LogP contribution >= 0.6 is 11.8 Å². The minimum atomic E-state index is -1.06. The van der Waals surface area contributed by atoms with Gasteiger partial charge < -0.3 is 14.6 Å². The summed E-state index contributed by atoms with van der Waals surface area (Å²) in [7, 11) is 0. The van der Waals surface area contributed by atoms with E-state index in [1.807, 2.05) is 48.2 Å². The maximum atomic E-state index is 13.6. The molecule has 2 aliphatic rings. The molecule has 2 fully saturated rings. The maximum Gasteiger partial charge on any atom is 0.341 e. The van der Waals surface area contributed by atoms with E-state index in [1.54, 1.807) is 18.2 Å². The summed E-state index contributed by atoms with van der Waals surface area (Å²) >= 11 is 1.39. The molecule has 0 aromatic heterocycles. The first-order chi connectivity index (χ1) is 17.0. The van der Waals surface area contributed by atoms with E-state index in [1.165, 1.54) is 18.2 Å². The number of nitrogens with zero attached hydrogens (tertiary/aromatic N) is 2. The predicted octanol–water partition coefficient (Wildman–Crippen LogP) is 5.73. The summed E-state index contributed by atoms with van der Waals surface area (Å²) in [6.45, 7) is 4.01. The Morgan fingerprint density at radius 2 is 1.91 bits per heavy atom. The molecule has 2 aromatic rings. The van der Waals surface area contributed by atoms with E-state index in [0.717, 1.165) is 30.5 Å². The van der Waals surface area contributed by atoms with E-state index in [4.69, 9.17) is 19.6 Å². The Balaban J connectivity index is 1.67. The number of carbonyl (C=O) groups is 2. The molecule has 2 atom stereocenters. The van der Waals surface area contributed by atoms with E-state index >= 15 is 0 Å². The van der Waals surface area contributed by atoms with Crippen molar-refractivity contribution in [3.8, 4) is 11.5 Å². The molecule has 0 unspecified atom stereocenters. The number of carbonyl (C=O) groups excluding carboxylic acids is 1. The number of thioether (sulfide) groups is 1. The van der Waals surface area contributed by atoms with Crippen LogP contribution in [-0.2, 0) is 9.59 Å². The van der Waals surface area contributed by atoms with Gasteiger partial charge in [0.2, 0.25) is 0 Å². The largest absolute Gasteiger partial charge is 0.490 e. The van der Waals surface area contributed by atoms with Crippen molar-refractivity contribution >= 4 is 40.6 Å². The Hall–Kier alpha value is -3.26. The number of amides is 1. The van der Waals surface area contributed by atoms with E-state index < -0.39 is 12.6 Å². The van der Waals surface area contributed by atoms with Crippen molar-refractivity contribution in [2.24, 2.45) is 10.9 Å². The molecule has 1 aliphatic carbocycles. The summed E-state index contributed by atoms with van der Waals surface area (Å²) in [5.74, 6) is 0.102. The van der Waals surface area contributed by atoms with E-state index in [0.29, 0.717) is 34.1 Å². The molecular weight excluding hydrogens is 464 g/mol. The second-order valence-corrected chi connectivity index (χ2v) is 9.68. The van der Waals surface area contributed by atoms with Gasteiger partial charge in [-0.1, -0.05) is 44.0 Å². The summed E-state index contributed by atoms with van der Waals surface area (Å²) < 4.78 is 11.0. The number of ether oxygens (including phenoxy) is 2. The fourth-order valence-corrected chi connectivity index (χ4v) is 5.49. The molecule has 0 radical (unpaired) electrons. The monoisotopic (exact) mass is 494 g/mol. The molecular formula is C27H30N2O5S. The molecule has 1 amide bonds. The molecule has 184 valence electrons. The molecule has 1 saturated carbocycles. The Bertz CT molecular complexity index is 1130. The van der Waals surface area contributed by atoms with Crippen LogP contribution < -0.4 is 9.47 Å². The van der Waals surface area contributed by atoms with Crippen LogP contribution in [0.25, 0.3) is 6.08 Å². The minimum absolute atomic E-state index is 0.0346. The molecule has 2 aromatic carbocycles. The van der Waals surface area contributed by atoms with Crippen molar-refractivity contribution in [2.45, 2.75) is 45.6 Å². The number of carboxylic acids is 1. The third kappa shape index (κ3) is 6.06. The van der Waals surface area contributed by atoms with E-state index in [9.17, 15) is 9.59 Å². The molecule has 8 heteroatoms. The summed E-state index contributed by atoms with van der Waals surface area (Å²) in [6, 6.07) is 15.1. The molecule has 1 heterocycles. The van der Waals surface area contributed by atoms with E-state index in [2.05, 4.69) is 6.92 Å². The summed E-state index contributed by atoms with van der Waals surface area (Å²) in [5, 5.41) is 9.63. The van der Waals surface area contributed by atoms with Gasteiger partial charge in [0.15, 0.2) is 23.3 Å². The topological polar surface area (TPSA) is 88.4 Å². The van der Waals surface area contributed by atoms with Crippen LogP contribution in [0.2, 0.25) is 0 Å². The Morgan fingerprint density at radius 3 is 2.63 bits per heavy atom. The lowest BCUT2D eigenvalue weighted by Gasteiger charge is -2.35. The van der Waals surface area contributed by atoms with Crippen LogP contribution in [0, 0.1) is 5.92 Å². The van der Waals surface area contributed by atoms with Crippen molar-refractivity contribution in [1.29, 1.82) is 0 Å². The average Bonchev–Trinajstić information content (AvgIpc) is 3.14. The van der Waals surface area contributed by atoms with Gasteiger partial charge in [-0.05, 0) is 73.4 Å². The number of amidine groups is 1.